The van der Waals surface area contributed by atoms with Crippen LogP contribution in [-0.4, -0.2) is 61.7 Å². The van der Waals surface area contributed by atoms with E-state index in [9.17, 15) is 4.79 Å². The molecule has 1 unspecified atom stereocenters. The van der Waals surface area contributed by atoms with Gasteiger partial charge in [0.25, 0.3) is 0 Å². The maximum Gasteiger partial charge on any atom is 0.317 e. The van der Waals surface area contributed by atoms with Gasteiger partial charge in [0.2, 0.25) is 0 Å². The molecule has 2 aliphatic rings. The number of nitrogens with one attached hydrogen (secondary N) is 1. The Kier molecular flexibility index (Phi) is 5.24. The largest absolute Gasteiger partial charge is 0.371 e. The van der Waals surface area contributed by atoms with Gasteiger partial charge in [-0.2, -0.15) is 0 Å². The summed E-state index contributed by atoms with van der Waals surface area (Å²) in [7, 11) is 0. The lowest BCUT2D eigenvalue weighted by Gasteiger charge is -2.34. The maximum atomic E-state index is 12.5. The van der Waals surface area contributed by atoms with Crippen molar-refractivity contribution in [3.05, 3.63) is 41.9 Å². The fourth-order valence-corrected chi connectivity index (χ4v) is 4.39. The van der Waals surface area contributed by atoms with Gasteiger partial charge in [-0.25, -0.2) is 9.78 Å². The molecule has 0 radical (unpaired) electrons. The van der Waals surface area contributed by atoms with Gasteiger partial charge in [0.15, 0.2) is 5.13 Å². The summed E-state index contributed by atoms with van der Waals surface area (Å²) in [6, 6.07) is 10.6. The van der Waals surface area contributed by atoms with Gasteiger partial charge in [0, 0.05) is 63.1 Å². The first-order valence-corrected chi connectivity index (χ1v) is 10.1. The van der Waals surface area contributed by atoms with Crippen molar-refractivity contribution in [2.24, 2.45) is 5.92 Å². The molecular weight excluding hydrogens is 346 g/mol. The Morgan fingerprint density at radius 2 is 1.92 bits per heavy atom. The van der Waals surface area contributed by atoms with Crippen LogP contribution in [0, 0.1) is 5.92 Å². The van der Waals surface area contributed by atoms with Gasteiger partial charge in [-0.15, -0.1) is 11.3 Å². The van der Waals surface area contributed by atoms with Crippen molar-refractivity contribution in [1.29, 1.82) is 0 Å². The summed E-state index contributed by atoms with van der Waals surface area (Å²) >= 11 is 1.66. The Balaban J connectivity index is 1.20. The Bertz CT molecular complexity index is 700. The van der Waals surface area contributed by atoms with E-state index < -0.39 is 0 Å². The zero-order valence-electron chi connectivity index (χ0n) is 14.9. The highest BCUT2D eigenvalue weighted by Gasteiger charge is 2.25. The van der Waals surface area contributed by atoms with E-state index >= 15 is 0 Å². The van der Waals surface area contributed by atoms with Gasteiger partial charge in [-0.05, 0) is 24.5 Å². The molecule has 2 aliphatic heterocycles. The van der Waals surface area contributed by atoms with Crippen LogP contribution in [0.5, 0.6) is 0 Å². The first-order chi connectivity index (χ1) is 12.8. The monoisotopic (exact) mass is 371 g/mol. The Labute approximate surface area is 158 Å². The number of carbonyl (C=O) groups is 1. The number of aromatic nitrogens is 1. The van der Waals surface area contributed by atoms with Crippen LogP contribution < -0.4 is 15.1 Å². The normalized spacial score (nSPS) is 20.5. The van der Waals surface area contributed by atoms with Gasteiger partial charge in [-0.1, -0.05) is 18.2 Å². The molecule has 7 heteroatoms. The minimum Gasteiger partial charge on any atom is -0.371 e. The minimum atomic E-state index is 0.0712. The second-order valence-electron chi connectivity index (χ2n) is 6.91. The number of benzene rings is 1. The average Bonchev–Trinajstić information content (AvgIpc) is 3.39. The molecular formula is C19H25N5OS. The summed E-state index contributed by atoms with van der Waals surface area (Å²) in [5.41, 5.74) is 1.28. The van der Waals surface area contributed by atoms with Crippen molar-refractivity contribution in [1.82, 2.24) is 15.2 Å². The van der Waals surface area contributed by atoms with Crippen molar-refractivity contribution in [3.63, 3.8) is 0 Å². The third-order valence-electron chi connectivity index (χ3n) is 5.21. The fourth-order valence-electron chi connectivity index (χ4n) is 3.69. The topological polar surface area (TPSA) is 51.7 Å². The van der Waals surface area contributed by atoms with Crippen LogP contribution in [0.1, 0.15) is 6.42 Å². The summed E-state index contributed by atoms with van der Waals surface area (Å²) in [5, 5.41) is 6.19. The molecule has 4 rings (SSSR count). The number of rotatable bonds is 4. The number of para-hydroxylation sites is 1. The second kappa shape index (κ2) is 7.95. The van der Waals surface area contributed by atoms with Crippen molar-refractivity contribution >= 4 is 28.2 Å². The van der Waals surface area contributed by atoms with Gasteiger partial charge in [0.05, 0.1) is 0 Å². The van der Waals surface area contributed by atoms with Crippen LogP contribution in [0.4, 0.5) is 15.6 Å². The lowest BCUT2D eigenvalue weighted by molar-refractivity contribution is 0.193. The number of nitrogens with zero attached hydrogens (tertiary/aromatic N) is 4. The minimum absolute atomic E-state index is 0.0712. The number of anilines is 2. The number of thiazole rings is 1. The molecule has 26 heavy (non-hydrogen) atoms. The molecule has 1 aromatic heterocycles. The third-order valence-corrected chi connectivity index (χ3v) is 6.04. The molecule has 0 spiro atoms. The van der Waals surface area contributed by atoms with E-state index in [2.05, 4.69) is 44.4 Å². The number of hydrogen-bond donors (Lipinski definition) is 1. The Hall–Kier alpha value is -2.28. The first kappa shape index (κ1) is 17.1. The lowest BCUT2D eigenvalue weighted by atomic mass is 10.1. The highest BCUT2D eigenvalue weighted by molar-refractivity contribution is 7.13. The van der Waals surface area contributed by atoms with E-state index in [0.29, 0.717) is 5.92 Å². The van der Waals surface area contributed by atoms with Gasteiger partial charge in [-0.3, -0.25) is 0 Å². The SMILES string of the molecule is O=C(NCC1CCN(c2ccccc2)C1)N1CCN(c2nccs2)CC1. The average molecular weight is 372 g/mol. The molecule has 0 saturated carbocycles. The third kappa shape index (κ3) is 3.93. The molecule has 3 heterocycles. The predicted octanol–water partition coefficient (Wildman–Crippen LogP) is 2.50. The Morgan fingerprint density at radius 3 is 2.65 bits per heavy atom. The molecule has 0 bridgehead atoms. The smallest absolute Gasteiger partial charge is 0.317 e. The number of piperazine rings is 1. The molecule has 2 amide bonds. The quantitative estimate of drug-likeness (QED) is 0.897. The number of urea groups is 1. The number of carbonyl (C=O) groups excluding carboxylic acids is 1. The summed E-state index contributed by atoms with van der Waals surface area (Å²) in [6.45, 7) is 6.06. The first-order valence-electron chi connectivity index (χ1n) is 9.27. The van der Waals surface area contributed by atoms with Crippen LogP contribution in [0.25, 0.3) is 0 Å². The van der Waals surface area contributed by atoms with Gasteiger partial charge < -0.3 is 20.0 Å². The lowest BCUT2D eigenvalue weighted by Crippen LogP contribution is -2.52. The molecule has 6 nitrogen and oxygen atoms in total. The Morgan fingerprint density at radius 1 is 1.12 bits per heavy atom. The highest BCUT2D eigenvalue weighted by atomic mass is 32.1. The van der Waals surface area contributed by atoms with Gasteiger partial charge in [0.1, 0.15) is 0 Å². The van der Waals surface area contributed by atoms with E-state index in [1.807, 2.05) is 22.5 Å². The van der Waals surface area contributed by atoms with Crippen LogP contribution in [-0.2, 0) is 0 Å². The zero-order chi connectivity index (χ0) is 17.8. The molecule has 2 aromatic rings. The van der Waals surface area contributed by atoms with E-state index in [4.69, 9.17) is 0 Å². The van der Waals surface area contributed by atoms with E-state index in [0.717, 1.165) is 57.4 Å². The van der Waals surface area contributed by atoms with Crippen molar-refractivity contribution in [2.75, 3.05) is 55.6 Å². The van der Waals surface area contributed by atoms with Crippen molar-refractivity contribution < 1.29 is 4.79 Å². The zero-order valence-corrected chi connectivity index (χ0v) is 15.7. The maximum absolute atomic E-state index is 12.5. The second-order valence-corrected chi connectivity index (χ2v) is 7.78. The molecule has 1 N–H and O–H groups in total. The summed E-state index contributed by atoms with van der Waals surface area (Å²) in [6.07, 6.45) is 2.96. The molecule has 2 fully saturated rings. The molecule has 0 aliphatic carbocycles. The molecule has 138 valence electrons. The number of amides is 2. The van der Waals surface area contributed by atoms with Crippen molar-refractivity contribution in [3.8, 4) is 0 Å². The number of hydrogen-bond acceptors (Lipinski definition) is 5. The van der Waals surface area contributed by atoms with Crippen LogP contribution in [0.15, 0.2) is 41.9 Å². The predicted molar refractivity (Wildman–Crippen MR) is 106 cm³/mol. The van der Waals surface area contributed by atoms with E-state index in [1.54, 1.807) is 11.3 Å². The van der Waals surface area contributed by atoms with Crippen molar-refractivity contribution in [2.45, 2.75) is 6.42 Å². The van der Waals surface area contributed by atoms with E-state index in [1.165, 1.54) is 5.69 Å². The highest BCUT2D eigenvalue weighted by Crippen LogP contribution is 2.23. The molecule has 2 saturated heterocycles. The summed E-state index contributed by atoms with van der Waals surface area (Å²) in [5.74, 6) is 0.524. The summed E-state index contributed by atoms with van der Waals surface area (Å²) < 4.78 is 0. The van der Waals surface area contributed by atoms with Crippen LogP contribution in [0.2, 0.25) is 0 Å². The van der Waals surface area contributed by atoms with Gasteiger partial charge >= 0.3 is 6.03 Å². The van der Waals surface area contributed by atoms with E-state index in [-0.39, 0.29) is 6.03 Å². The van der Waals surface area contributed by atoms with Crippen LogP contribution in [0.3, 0.4) is 0 Å². The summed E-state index contributed by atoms with van der Waals surface area (Å²) in [4.78, 5) is 23.4. The fraction of sp³-hybridized carbons (Fsp3) is 0.474. The molecule has 1 atom stereocenters. The standard InChI is InChI=1S/C19H25N5OS/c25-18(22-9-11-23(12-10-22)19-20-7-13-26-19)21-14-16-6-8-24(15-16)17-4-2-1-3-5-17/h1-5,7,13,16H,6,8-12,14-15H2,(H,21,25). The van der Waals surface area contributed by atoms with Crippen LogP contribution >= 0.6 is 11.3 Å². The molecule has 1 aromatic carbocycles.